The van der Waals surface area contributed by atoms with E-state index in [2.05, 4.69) is 35.9 Å². The van der Waals surface area contributed by atoms with Crippen molar-refractivity contribution in [3.63, 3.8) is 0 Å². The molecule has 0 aliphatic heterocycles. The van der Waals surface area contributed by atoms with Gasteiger partial charge >= 0.3 is 0 Å². The summed E-state index contributed by atoms with van der Waals surface area (Å²) >= 11 is 0. The lowest BCUT2D eigenvalue weighted by Crippen LogP contribution is -2.02. The van der Waals surface area contributed by atoms with Crippen LogP contribution in [-0.2, 0) is 19.9 Å². The van der Waals surface area contributed by atoms with Crippen LogP contribution in [0, 0.1) is 0 Å². The molecule has 1 heterocycles. The molecule has 0 saturated carbocycles. The van der Waals surface area contributed by atoms with Crippen molar-refractivity contribution in [3.05, 3.63) is 35.5 Å². The van der Waals surface area contributed by atoms with E-state index in [1.54, 1.807) is 11.3 Å². The minimum atomic E-state index is 1.26. The fraction of sp³-hybridized carbons (Fsp3) is 0.467. The average Bonchev–Trinajstić information content (AvgIpc) is 2.52. The van der Waals surface area contributed by atoms with Crippen LogP contribution in [0.5, 0.6) is 0 Å². The summed E-state index contributed by atoms with van der Waals surface area (Å²) in [7, 11) is 2.22. The molecule has 84 valence electrons. The number of fused-ring (bicyclic) bond motifs is 3. The first-order chi connectivity index (χ1) is 7.88. The molecule has 0 bridgehead atoms. The van der Waals surface area contributed by atoms with Crippen molar-refractivity contribution in [2.45, 2.75) is 38.5 Å². The molecule has 0 unspecified atom stereocenters. The normalized spacial score (nSPS) is 16.8. The summed E-state index contributed by atoms with van der Waals surface area (Å²) in [6.07, 6.45) is 8.07. The van der Waals surface area contributed by atoms with Crippen molar-refractivity contribution in [1.82, 2.24) is 4.57 Å². The molecule has 16 heavy (non-hydrogen) atoms. The van der Waals surface area contributed by atoms with Gasteiger partial charge in [-0.25, -0.2) is 0 Å². The van der Waals surface area contributed by atoms with Gasteiger partial charge in [-0.1, -0.05) is 31.0 Å². The van der Waals surface area contributed by atoms with E-state index in [1.807, 2.05) is 0 Å². The Morgan fingerprint density at radius 3 is 2.56 bits per heavy atom. The second-order valence-electron chi connectivity index (χ2n) is 4.92. The molecule has 0 N–H and O–H groups in total. The highest BCUT2D eigenvalue weighted by Crippen LogP contribution is 2.29. The molecule has 0 amide bonds. The largest absolute Gasteiger partial charge is 0.347 e. The number of aromatic nitrogens is 1. The average molecular weight is 213 g/mol. The summed E-state index contributed by atoms with van der Waals surface area (Å²) < 4.78 is 2.41. The summed E-state index contributed by atoms with van der Waals surface area (Å²) in [6.45, 7) is 0. The smallest absolute Gasteiger partial charge is 0.0482 e. The fourth-order valence-electron chi connectivity index (χ4n) is 3.07. The number of hydrogen-bond acceptors (Lipinski definition) is 0. The van der Waals surface area contributed by atoms with Crippen molar-refractivity contribution in [1.29, 1.82) is 0 Å². The van der Waals surface area contributed by atoms with Gasteiger partial charge in [-0.3, -0.25) is 0 Å². The van der Waals surface area contributed by atoms with Gasteiger partial charge in [-0.05, 0) is 37.3 Å². The van der Waals surface area contributed by atoms with Crippen LogP contribution in [0.1, 0.15) is 36.9 Å². The van der Waals surface area contributed by atoms with E-state index >= 15 is 0 Å². The van der Waals surface area contributed by atoms with Gasteiger partial charge in [0.05, 0.1) is 0 Å². The summed E-state index contributed by atoms with van der Waals surface area (Å²) in [5.74, 6) is 0. The second-order valence-corrected chi connectivity index (χ2v) is 4.92. The number of benzene rings is 1. The predicted molar refractivity (Wildman–Crippen MR) is 68.8 cm³/mol. The zero-order chi connectivity index (χ0) is 11.0. The van der Waals surface area contributed by atoms with Crippen molar-refractivity contribution in [2.75, 3.05) is 0 Å². The maximum atomic E-state index is 2.41. The van der Waals surface area contributed by atoms with Gasteiger partial charge in [0.1, 0.15) is 0 Å². The van der Waals surface area contributed by atoms with Crippen LogP contribution in [0.3, 0.4) is 0 Å². The monoisotopic (exact) mass is 213 g/mol. The van der Waals surface area contributed by atoms with Crippen molar-refractivity contribution < 1.29 is 0 Å². The number of nitrogens with zero attached hydrogens (tertiary/aromatic N) is 1. The topological polar surface area (TPSA) is 4.93 Å². The Balaban J connectivity index is 2.23. The van der Waals surface area contributed by atoms with E-state index in [4.69, 9.17) is 0 Å². The molecule has 1 aliphatic carbocycles. The lowest BCUT2D eigenvalue weighted by atomic mass is 9.97. The number of para-hydroxylation sites is 1. The molecule has 1 aromatic heterocycles. The van der Waals surface area contributed by atoms with E-state index in [-0.39, 0.29) is 0 Å². The quantitative estimate of drug-likeness (QED) is 0.626. The molecule has 1 aliphatic rings. The molecule has 0 radical (unpaired) electrons. The first kappa shape index (κ1) is 9.95. The third-order valence-electron chi connectivity index (χ3n) is 3.93. The highest BCUT2D eigenvalue weighted by molar-refractivity contribution is 5.85. The van der Waals surface area contributed by atoms with Crippen LogP contribution in [0.25, 0.3) is 10.9 Å². The van der Waals surface area contributed by atoms with Crippen LogP contribution < -0.4 is 0 Å². The lowest BCUT2D eigenvalue weighted by molar-refractivity contribution is 0.603. The Morgan fingerprint density at radius 2 is 1.69 bits per heavy atom. The molecule has 1 nitrogen and oxygen atoms in total. The molecule has 2 aromatic rings. The van der Waals surface area contributed by atoms with Crippen LogP contribution >= 0.6 is 0 Å². The molecule has 0 atom stereocenters. The minimum absolute atomic E-state index is 1.26. The SMILES string of the molecule is Cn1c2c(c3ccccc31)CCCCCC2. The van der Waals surface area contributed by atoms with Crippen molar-refractivity contribution in [3.8, 4) is 0 Å². The summed E-state index contributed by atoms with van der Waals surface area (Å²) in [6, 6.07) is 8.85. The Morgan fingerprint density at radius 1 is 0.938 bits per heavy atom. The van der Waals surface area contributed by atoms with Crippen LogP contribution in [0.4, 0.5) is 0 Å². The maximum absolute atomic E-state index is 2.41. The van der Waals surface area contributed by atoms with Crippen molar-refractivity contribution >= 4 is 10.9 Å². The third-order valence-corrected chi connectivity index (χ3v) is 3.93. The number of aryl methyl sites for hydroxylation is 2. The molecular weight excluding hydrogens is 194 g/mol. The predicted octanol–water partition coefficient (Wildman–Crippen LogP) is 3.84. The van der Waals surface area contributed by atoms with Gasteiger partial charge in [0.25, 0.3) is 0 Å². The van der Waals surface area contributed by atoms with E-state index in [1.165, 1.54) is 49.4 Å². The second kappa shape index (κ2) is 3.97. The van der Waals surface area contributed by atoms with Gasteiger partial charge < -0.3 is 4.57 Å². The summed E-state index contributed by atoms with van der Waals surface area (Å²) in [5.41, 5.74) is 4.62. The summed E-state index contributed by atoms with van der Waals surface area (Å²) in [5, 5.41) is 1.49. The molecule has 0 fully saturated rings. The molecule has 1 aromatic carbocycles. The first-order valence-electron chi connectivity index (χ1n) is 6.43. The molecule has 3 rings (SSSR count). The molecule has 0 spiro atoms. The first-order valence-corrected chi connectivity index (χ1v) is 6.43. The Labute approximate surface area is 97.1 Å². The highest BCUT2D eigenvalue weighted by atomic mass is 14.9. The fourth-order valence-corrected chi connectivity index (χ4v) is 3.07. The Hall–Kier alpha value is -1.24. The van der Waals surface area contributed by atoms with E-state index < -0.39 is 0 Å². The standard InChI is InChI=1S/C15H19N/c1-16-14-10-5-3-2-4-8-12(14)13-9-6-7-11-15(13)16/h6-7,9,11H,2-5,8,10H2,1H3. The molecule has 0 saturated heterocycles. The Kier molecular flexibility index (Phi) is 2.47. The van der Waals surface area contributed by atoms with Crippen LogP contribution in [0.2, 0.25) is 0 Å². The number of hydrogen-bond donors (Lipinski definition) is 0. The molecule has 1 heteroatoms. The van der Waals surface area contributed by atoms with Gasteiger partial charge in [0.2, 0.25) is 0 Å². The summed E-state index contributed by atoms with van der Waals surface area (Å²) in [4.78, 5) is 0. The van der Waals surface area contributed by atoms with Gasteiger partial charge in [0, 0.05) is 23.6 Å². The lowest BCUT2D eigenvalue weighted by Gasteiger charge is -2.11. The minimum Gasteiger partial charge on any atom is -0.347 e. The van der Waals surface area contributed by atoms with E-state index in [0.29, 0.717) is 0 Å². The zero-order valence-corrected chi connectivity index (χ0v) is 10.00. The highest BCUT2D eigenvalue weighted by Gasteiger charge is 2.15. The third kappa shape index (κ3) is 1.46. The maximum Gasteiger partial charge on any atom is 0.0482 e. The van der Waals surface area contributed by atoms with Crippen LogP contribution in [-0.4, -0.2) is 4.57 Å². The van der Waals surface area contributed by atoms with Gasteiger partial charge in [-0.2, -0.15) is 0 Å². The van der Waals surface area contributed by atoms with Crippen LogP contribution in [0.15, 0.2) is 24.3 Å². The van der Waals surface area contributed by atoms with Crippen molar-refractivity contribution in [2.24, 2.45) is 7.05 Å². The van der Waals surface area contributed by atoms with Gasteiger partial charge in [0.15, 0.2) is 0 Å². The zero-order valence-electron chi connectivity index (χ0n) is 10.00. The Bertz CT molecular complexity index is 507. The number of rotatable bonds is 0. The van der Waals surface area contributed by atoms with E-state index in [0.717, 1.165) is 0 Å². The molecular formula is C15H19N. The van der Waals surface area contributed by atoms with E-state index in [9.17, 15) is 0 Å². The van der Waals surface area contributed by atoms with Gasteiger partial charge in [-0.15, -0.1) is 0 Å².